The maximum absolute atomic E-state index is 2.67. The van der Waals surface area contributed by atoms with Crippen LogP contribution in [0.2, 0.25) is 0 Å². The fourth-order valence-electron chi connectivity index (χ4n) is 6.74. The third-order valence-corrected chi connectivity index (χ3v) is 7.98. The lowest BCUT2D eigenvalue weighted by Gasteiger charge is -2.51. The predicted octanol–water partition coefficient (Wildman–Crippen LogP) is 6.66. The van der Waals surface area contributed by atoms with E-state index in [1.54, 1.807) is 11.1 Å². The Morgan fingerprint density at radius 1 is 1.13 bits per heavy atom. The van der Waals surface area contributed by atoms with E-state index in [2.05, 4.69) is 39.0 Å². The van der Waals surface area contributed by atoms with Crippen molar-refractivity contribution in [2.75, 3.05) is 0 Å². The molecule has 23 heavy (non-hydrogen) atoms. The van der Waals surface area contributed by atoms with Crippen molar-refractivity contribution < 1.29 is 0 Å². The van der Waals surface area contributed by atoms with Crippen LogP contribution in [0.5, 0.6) is 0 Å². The molecular weight excluding hydrogens is 276 g/mol. The summed E-state index contributed by atoms with van der Waals surface area (Å²) in [7, 11) is 0. The second kappa shape index (κ2) is 5.94. The van der Waals surface area contributed by atoms with Gasteiger partial charge in [-0.25, -0.2) is 0 Å². The minimum Gasteiger partial charge on any atom is -0.0654 e. The molecule has 2 saturated carbocycles. The van der Waals surface area contributed by atoms with Crippen LogP contribution < -0.4 is 0 Å². The van der Waals surface area contributed by atoms with Gasteiger partial charge in [-0.3, -0.25) is 0 Å². The number of hydrogen-bond donors (Lipinski definition) is 0. The Labute approximate surface area is 143 Å². The molecule has 126 valence electrons. The van der Waals surface area contributed by atoms with E-state index in [-0.39, 0.29) is 0 Å². The fourth-order valence-corrected chi connectivity index (χ4v) is 6.74. The lowest BCUT2D eigenvalue weighted by atomic mass is 9.54. The normalized spacial score (nSPS) is 38.7. The van der Waals surface area contributed by atoms with Crippen LogP contribution >= 0.6 is 0 Å². The topological polar surface area (TPSA) is 0 Å². The first-order chi connectivity index (χ1) is 11.1. The first kappa shape index (κ1) is 15.7. The van der Waals surface area contributed by atoms with E-state index >= 15 is 0 Å². The van der Waals surface area contributed by atoms with Crippen LogP contribution in [-0.2, 0) is 6.42 Å². The zero-order valence-electron chi connectivity index (χ0n) is 15.4. The zero-order valence-corrected chi connectivity index (χ0v) is 15.4. The molecule has 0 saturated heterocycles. The monoisotopic (exact) mass is 310 g/mol. The molecule has 4 rings (SSSR count). The maximum atomic E-state index is 2.67. The van der Waals surface area contributed by atoms with Crippen molar-refractivity contribution in [3.05, 3.63) is 34.9 Å². The lowest BCUT2D eigenvalue weighted by molar-refractivity contribution is 0.0253. The van der Waals surface area contributed by atoms with Gasteiger partial charge in [-0.1, -0.05) is 50.5 Å². The standard InChI is InChI=1S/C23H34/c1-4-5-6-18-9-12-22-21-11-8-17-15-16(2)7-10-19(17)20(21)13-14-23(18,22)3/h7,10,15,18,20-22H,4-6,8-9,11-14H2,1-3H3/t18-,20?,21?,22?,23?/m0/s1. The highest BCUT2D eigenvalue weighted by Crippen LogP contribution is 2.63. The van der Waals surface area contributed by atoms with E-state index in [0.29, 0.717) is 5.41 Å². The van der Waals surface area contributed by atoms with Crippen molar-refractivity contribution in [2.45, 2.75) is 84.5 Å². The quantitative estimate of drug-likeness (QED) is 0.585. The number of rotatable bonds is 3. The van der Waals surface area contributed by atoms with Gasteiger partial charge in [0.05, 0.1) is 0 Å². The molecule has 0 aliphatic heterocycles. The van der Waals surface area contributed by atoms with Gasteiger partial charge in [0, 0.05) is 0 Å². The van der Waals surface area contributed by atoms with Crippen LogP contribution in [0.15, 0.2) is 18.2 Å². The first-order valence-electron chi connectivity index (χ1n) is 10.2. The summed E-state index contributed by atoms with van der Waals surface area (Å²) in [5.74, 6) is 3.89. The Morgan fingerprint density at radius 3 is 2.83 bits per heavy atom. The molecule has 0 spiro atoms. The average Bonchev–Trinajstić information content (AvgIpc) is 2.89. The maximum Gasteiger partial charge on any atom is -0.0128 e. The summed E-state index contributed by atoms with van der Waals surface area (Å²) in [5, 5.41) is 0. The highest BCUT2D eigenvalue weighted by Gasteiger charge is 2.54. The van der Waals surface area contributed by atoms with E-state index in [0.717, 1.165) is 23.7 Å². The molecule has 3 aliphatic carbocycles. The summed E-state index contributed by atoms with van der Waals surface area (Å²) in [6.07, 6.45) is 13.1. The minimum absolute atomic E-state index is 0.665. The molecule has 0 amide bonds. The van der Waals surface area contributed by atoms with Crippen molar-refractivity contribution >= 4 is 0 Å². The molecule has 0 N–H and O–H groups in total. The fraction of sp³-hybridized carbons (Fsp3) is 0.739. The summed E-state index contributed by atoms with van der Waals surface area (Å²) < 4.78 is 0. The van der Waals surface area contributed by atoms with Crippen molar-refractivity contribution in [3.8, 4) is 0 Å². The highest BCUT2D eigenvalue weighted by molar-refractivity contribution is 5.37. The third-order valence-electron chi connectivity index (χ3n) is 7.98. The van der Waals surface area contributed by atoms with Gasteiger partial charge in [0.2, 0.25) is 0 Å². The van der Waals surface area contributed by atoms with Gasteiger partial charge in [0.1, 0.15) is 0 Å². The molecular formula is C23H34. The van der Waals surface area contributed by atoms with Gasteiger partial charge in [-0.2, -0.15) is 0 Å². The molecule has 0 nitrogen and oxygen atoms in total. The van der Waals surface area contributed by atoms with Crippen LogP contribution in [0.4, 0.5) is 0 Å². The molecule has 0 bridgehead atoms. The first-order valence-corrected chi connectivity index (χ1v) is 10.2. The molecule has 0 heteroatoms. The van der Waals surface area contributed by atoms with Gasteiger partial charge < -0.3 is 0 Å². The molecule has 0 aromatic heterocycles. The van der Waals surface area contributed by atoms with Crippen molar-refractivity contribution in [3.63, 3.8) is 0 Å². The molecule has 1 aromatic rings. The van der Waals surface area contributed by atoms with Gasteiger partial charge in [0.15, 0.2) is 0 Å². The van der Waals surface area contributed by atoms with Gasteiger partial charge in [-0.15, -0.1) is 0 Å². The van der Waals surface area contributed by atoms with Crippen LogP contribution in [-0.4, -0.2) is 0 Å². The van der Waals surface area contributed by atoms with Gasteiger partial charge in [-0.05, 0) is 92.1 Å². The van der Waals surface area contributed by atoms with Crippen molar-refractivity contribution in [1.29, 1.82) is 0 Å². The van der Waals surface area contributed by atoms with E-state index in [9.17, 15) is 0 Å². The largest absolute Gasteiger partial charge is 0.0654 e. The summed E-state index contributed by atoms with van der Waals surface area (Å²) in [4.78, 5) is 0. The highest BCUT2D eigenvalue weighted by atomic mass is 14.6. The lowest BCUT2D eigenvalue weighted by Crippen LogP contribution is -2.42. The van der Waals surface area contributed by atoms with E-state index in [1.807, 2.05) is 0 Å². The average molecular weight is 311 g/mol. The molecule has 0 heterocycles. The summed E-state index contributed by atoms with van der Waals surface area (Å²) >= 11 is 0. The Hall–Kier alpha value is -0.780. The molecule has 2 fully saturated rings. The smallest absolute Gasteiger partial charge is 0.0128 e. The SMILES string of the molecule is CCCC[C@H]1CCC2C3CCc4cc(C)ccc4C3CCC21C. The molecule has 0 radical (unpaired) electrons. The Morgan fingerprint density at radius 2 is 2.00 bits per heavy atom. The predicted molar refractivity (Wildman–Crippen MR) is 98.8 cm³/mol. The summed E-state index contributed by atoms with van der Waals surface area (Å²) in [6, 6.07) is 7.31. The Bertz CT molecular complexity index is 571. The van der Waals surface area contributed by atoms with Gasteiger partial charge in [0.25, 0.3) is 0 Å². The Kier molecular flexibility index (Phi) is 4.06. The number of fused-ring (bicyclic) bond motifs is 5. The summed E-state index contributed by atoms with van der Waals surface area (Å²) in [5.41, 5.74) is 5.52. The number of unbranched alkanes of at least 4 members (excludes halogenated alkanes) is 1. The van der Waals surface area contributed by atoms with Crippen LogP contribution in [0.3, 0.4) is 0 Å². The van der Waals surface area contributed by atoms with E-state index in [4.69, 9.17) is 0 Å². The van der Waals surface area contributed by atoms with Crippen LogP contribution in [0.25, 0.3) is 0 Å². The number of aryl methyl sites for hydroxylation is 2. The second-order valence-corrected chi connectivity index (χ2v) is 9.08. The zero-order chi connectivity index (χ0) is 16.0. The van der Waals surface area contributed by atoms with Crippen LogP contribution in [0, 0.1) is 30.1 Å². The van der Waals surface area contributed by atoms with Crippen molar-refractivity contribution in [1.82, 2.24) is 0 Å². The van der Waals surface area contributed by atoms with Crippen LogP contribution in [0.1, 0.15) is 87.8 Å². The third kappa shape index (κ3) is 2.48. The molecule has 5 atom stereocenters. The minimum atomic E-state index is 0.665. The molecule has 3 aliphatic rings. The summed E-state index contributed by atoms with van der Waals surface area (Å²) in [6.45, 7) is 7.28. The van der Waals surface area contributed by atoms with E-state index in [1.165, 1.54) is 63.4 Å². The number of hydrogen-bond acceptors (Lipinski definition) is 0. The van der Waals surface area contributed by atoms with Gasteiger partial charge >= 0.3 is 0 Å². The molecule has 4 unspecified atom stereocenters. The van der Waals surface area contributed by atoms with Crippen molar-refractivity contribution in [2.24, 2.45) is 23.2 Å². The number of benzene rings is 1. The Balaban J connectivity index is 1.59. The van der Waals surface area contributed by atoms with E-state index < -0.39 is 0 Å². The molecule has 1 aromatic carbocycles. The second-order valence-electron chi connectivity index (χ2n) is 9.08.